The van der Waals surface area contributed by atoms with Gasteiger partial charge in [-0.3, -0.25) is 9.59 Å². The fraction of sp³-hybridized carbons (Fsp3) is 0.571. The van der Waals surface area contributed by atoms with Crippen molar-refractivity contribution in [1.82, 2.24) is 15.1 Å². The third-order valence-corrected chi connectivity index (χ3v) is 5.44. The summed E-state index contributed by atoms with van der Waals surface area (Å²) in [7, 11) is 0. The SMILES string of the molecule is O=C(O)CCCNC(=O)N1CCC(C(=O)N(Cc2ccccc2)C2CC2)CC1. The number of carbonyl (C=O) groups is 3. The molecule has 0 bridgehead atoms. The van der Waals surface area contributed by atoms with Gasteiger partial charge in [-0.2, -0.15) is 0 Å². The number of likely N-dealkylation sites (tertiary alicyclic amines) is 1. The quantitative estimate of drug-likeness (QED) is 0.671. The zero-order valence-electron chi connectivity index (χ0n) is 16.2. The Balaban J connectivity index is 1.46. The van der Waals surface area contributed by atoms with Crippen LogP contribution in [0.1, 0.15) is 44.1 Å². The first-order chi connectivity index (χ1) is 13.5. The number of nitrogens with one attached hydrogen (secondary N) is 1. The molecule has 1 aliphatic carbocycles. The molecule has 1 saturated carbocycles. The van der Waals surface area contributed by atoms with Gasteiger partial charge in [0, 0.05) is 44.6 Å². The zero-order chi connectivity index (χ0) is 19.9. The van der Waals surface area contributed by atoms with Crippen LogP contribution in [0.15, 0.2) is 30.3 Å². The maximum absolute atomic E-state index is 13.1. The molecule has 2 aliphatic rings. The van der Waals surface area contributed by atoms with Crippen molar-refractivity contribution in [1.29, 1.82) is 0 Å². The average Bonchev–Trinajstić information content (AvgIpc) is 3.55. The Morgan fingerprint density at radius 2 is 1.75 bits per heavy atom. The molecule has 0 spiro atoms. The van der Waals surface area contributed by atoms with E-state index in [2.05, 4.69) is 17.4 Å². The second-order valence-corrected chi connectivity index (χ2v) is 7.67. The molecule has 1 aliphatic heterocycles. The van der Waals surface area contributed by atoms with Gasteiger partial charge in [0.1, 0.15) is 0 Å². The number of hydrogen-bond donors (Lipinski definition) is 2. The van der Waals surface area contributed by atoms with E-state index in [4.69, 9.17) is 5.11 Å². The van der Waals surface area contributed by atoms with E-state index in [1.165, 1.54) is 0 Å². The first kappa shape index (κ1) is 20.2. The molecule has 28 heavy (non-hydrogen) atoms. The molecule has 0 aromatic heterocycles. The van der Waals surface area contributed by atoms with Crippen LogP contribution in [0.25, 0.3) is 0 Å². The third kappa shape index (κ3) is 5.71. The molecular weight excluding hydrogens is 358 g/mol. The van der Waals surface area contributed by atoms with Gasteiger partial charge in [0.15, 0.2) is 0 Å². The molecule has 7 heteroatoms. The minimum Gasteiger partial charge on any atom is -0.481 e. The van der Waals surface area contributed by atoms with Crippen LogP contribution in [0.4, 0.5) is 4.79 Å². The Morgan fingerprint density at radius 3 is 2.36 bits per heavy atom. The van der Waals surface area contributed by atoms with Gasteiger partial charge < -0.3 is 20.2 Å². The number of urea groups is 1. The minimum absolute atomic E-state index is 0.0274. The number of hydrogen-bond acceptors (Lipinski definition) is 3. The normalized spacial score (nSPS) is 17.2. The highest BCUT2D eigenvalue weighted by molar-refractivity contribution is 5.80. The summed E-state index contributed by atoms with van der Waals surface area (Å²) in [5, 5.41) is 11.4. The van der Waals surface area contributed by atoms with E-state index >= 15 is 0 Å². The predicted molar refractivity (Wildman–Crippen MR) is 105 cm³/mol. The molecule has 2 N–H and O–H groups in total. The largest absolute Gasteiger partial charge is 0.481 e. The van der Waals surface area contributed by atoms with Crippen molar-refractivity contribution in [3.05, 3.63) is 35.9 Å². The lowest BCUT2D eigenvalue weighted by Crippen LogP contribution is -2.48. The Kier molecular flexibility index (Phi) is 6.90. The molecule has 1 saturated heterocycles. The topological polar surface area (TPSA) is 90.0 Å². The Hall–Kier alpha value is -2.57. The fourth-order valence-electron chi connectivity index (χ4n) is 3.66. The second kappa shape index (κ2) is 9.57. The van der Waals surface area contributed by atoms with Crippen LogP contribution in [-0.2, 0) is 16.1 Å². The number of rotatable bonds is 8. The van der Waals surface area contributed by atoms with E-state index in [1.807, 2.05) is 23.1 Å². The predicted octanol–water partition coefficient (Wildman–Crippen LogP) is 2.46. The summed E-state index contributed by atoms with van der Waals surface area (Å²) < 4.78 is 0. The summed E-state index contributed by atoms with van der Waals surface area (Å²) >= 11 is 0. The highest BCUT2D eigenvalue weighted by atomic mass is 16.4. The number of carboxylic acid groups (broad SMARTS) is 1. The first-order valence-corrected chi connectivity index (χ1v) is 10.1. The van der Waals surface area contributed by atoms with Crippen molar-refractivity contribution in [2.75, 3.05) is 19.6 Å². The van der Waals surface area contributed by atoms with Crippen LogP contribution in [-0.4, -0.2) is 58.5 Å². The van der Waals surface area contributed by atoms with Crippen LogP contribution < -0.4 is 5.32 Å². The van der Waals surface area contributed by atoms with Crippen LogP contribution in [0.3, 0.4) is 0 Å². The highest BCUT2D eigenvalue weighted by Gasteiger charge is 2.37. The molecular formula is C21H29N3O4. The summed E-state index contributed by atoms with van der Waals surface area (Å²) in [5.74, 6) is -0.669. The molecule has 3 amide bonds. The summed E-state index contributed by atoms with van der Waals surface area (Å²) in [6.07, 6.45) is 3.99. The first-order valence-electron chi connectivity index (χ1n) is 10.1. The number of carboxylic acids is 1. The van der Waals surface area contributed by atoms with Gasteiger partial charge in [-0.1, -0.05) is 30.3 Å². The zero-order valence-corrected chi connectivity index (χ0v) is 16.2. The number of carbonyl (C=O) groups excluding carboxylic acids is 2. The number of amides is 3. The van der Waals surface area contributed by atoms with Gasteiger partial charge >= 0.3 is 12.0 Å². The van der Waals surface area contributed by atoms with Crippen molar-refractivity contribution >= 4 is 17.9 Å². The van der Waals surface area contributed by atoms with Crippen molar-refractivity contribution < 1.29 is 19.5 Å². The van der Waals surface area contributed by atoms with Gasteiger partial charge in [0.25, 0.3) is 0 Å². The Bertz CT molecular complexity index is 682. The second-order valence-electron chi connectivity index (χ2n) is 7.67. The van der Waals surface area contributed by atoms with E-state index < -0.39 is 5.97 Å². The summed E-state index contributed by atoms with van der Waals surface area (Å²) in [4.78, 5) is 39.5. The van der Waals surface area contributed by atoms with E-state index in [0.717, 1.165) is 18.4 Å². The van der Waals surface area contributed by atoms with Gasteiger partial charge in [0.2, 0.25) is 5.91 Å². The van der Waals surface area contributed by atoms with Gasteiger partial charge in [-0.15, -0.1) is 0 Å². The average molecular weight is 387 g/mol. The summed E-state index contributed by atoms with van der Waals surface area (Å²) in [6, 6.07) is 10.3. The van der Waals surface area contributed by atoms with E-state index in [9.17, 15) is 14.4 Å². The third-order valence-electron chi connectivity index (χ3n) is 5.44. The number of nitrogens with zero attached hydrogens (tertiary/aromatic N) is 2. The van der Waals surface area contributed by atoms with E-state index in [-0.39, 0.29) is 24.3 Å². The highest BCUT2D eigenvalue weighted by Crippen LogP contribution is 2.31. The van der Waals surface area contributed by atoms with Crippen LogP contribution in [0.2, 0.25) is 0 Å². The molecule has 2 fully saturated rings. The molecule has 0 atom stereocenters. The lowest BCUT2D eigenvalue weighted by atomic mass is 9.95. The maximum atomic E-state index is 13.1. The molecule has 1 aromatic carbocycles. The molecule has 7 nitrogen and oxygen atoms in total. The van der Waals surface area contributed by atoms with Crippen LogP contribution >= 0.6 is 0 Å². The van der Waals surface area contributed by atoms with Gasteiger partial charge in [0.05, 0.1) is 0 Å². The molecule has 152 valence electrons. The molecule has 0 radical (unpaired) electrons. The smallest absolute Gasteiger partial charge is 0.317 e. The lowest BCUT2D eigenvalue weighted by molar-refractivity contribution is -0.138. The van der Waals surface area contributed by atoms with Crippen LogP contribution in [0.5, 0.6) is 0 Å². The minimum atomic E-state index is -0.857. The van der Waals surface area contributed by atoms with Crippen LogP contribution in [0, 0.1) is 5.92 Å². The lowest BCUT2D eigenvalue weighted by Gasteiger charge is -2.34. The van der Waals surface area contributed by atoms with E-state index in [1.54, 1.807) is 4.90 Å². The van der Waals surface area contributed by atoms with Gasteiger partial charge in [-0.05, 0) is 37.7 Å². The number of aliphatic carboxylic acids is 1. The standard InChI is InChI=1S/C21H29N3O4/c25-19(26)7-4-12-22-21(28)23-13-10-17(11-14-23)20(27)24(18-8-9-18)15-16-5-2-1-3-6-16/h1-3,5-6,17-18H,4,7-15H2,(H,22,28)(H,25,26). The molecule has 1 aromatic rings. The van der Waals surface area contributed by atoms with Gasteiger partial charge in [-0.25, -0.2) is 4.79 Å². The molecule has 1 heterocycles. The Morgan fingerprint density at radius 1 is 1.07 bits per heavy atom. The summed E-state index contributed by atoms with van der Waals surface area (Å²) in [6.45, 7) is 2.14. The fourth-order valence-corrected chi connectivity index (χ4v) is 3.66. The van der Waals surface area contributed by atoms with Crippen molar-refractivity contribution in [3.63, 3.8) is 0 Å². The van der Waals surface area contributed by atoms with Crippen molar-refractivity contribution in [3.8, 4) is 0 Å². The molecule has 0 unspecified atom stereocenters. The van der Waals surface area contributed by atoms with Crippen molar-refractivity contribution in [2.45, 2.75) is 51.1 Å². The number of benzene rings is 1. The summed E-state index contributed by atoms with van der Waals surface area (Å²) in [5.41, 5.74) is 1.15. The maximum Gasteiger partial charge on any atom is 0.317 e. The van der Waals surface area contributed by atoms with Crippen molar-refractivity contribution in [2.24, 2.45) is 5.92 Å². The Labute approximate surface area is 165 Å². The number of piperidine rings is 1. The van der Waals surface area contributed by atoms with E-state index in [0.29, 0.717) is 51.5 Å². The molecule has 3 rings (SSSR count). The monoisotopic (exact) mass is 387 g/mol.